The first-order valence-corrected chi connectivity index (χ1v) is 12.2. The van der Waals surface area contributed by atoms with Gasteiger partial charge in [0.2, 0.25) is 5.91 Å². The first kappa shape index (κ1) is 24.5. The van der Waals surface area contributed by atoms with E-state index in [-0.39, 0.29) is 11.9 Å². The molecule has 1 fully saturated rings. The van der Waals surface area contributed by atoms with E-state index in [2.05, 4.69) is 28.5 Å². The third-order valence-corrected chi connectivity index (χ3v) is 7.65. The van der Waals surface area contributed by atoms with Crippen molar-refractivity contribution in [3.63, 3.8) is 0 Å². The second-order valence-corrected chi connectivity index (χ2v) is 9.93. The van der Waals surface area contributed by atoms with Crippen LogP contribution in [0.4, 0.5) is 5.82 Å². The van der Waals surface area contributed by atoms with E-state index in [4.69, 9.17) is 27.8 Å². The van der Waals surface area contributed by atoms with Crippen molar-refractivity contribution in [2.45, 2.75) is 69.2 Å². The van der Waals surface area contributed by atoms with Crippen molar-refractivity contribution in [1.29, 1.82) is 0 Å². The number of rotatable bonds is 7. The minimum atomic E-state index is -0.740. The van der Waals surface area contributed by atoms with Crippen molar-refractivity contribution in [3.05, 3.63) is 65.4 Å². The summed E-state index contributed by atoms with van der Waals surface area (Å²) >= 11 is 6.16. The molecule has 4 rings (SSSR count). The van der Waals surface area contributed by atoms with Crippen molar-refractivity contribution in [2.75, 3.05) is 5.73 Å². The van der Waals surface area contributed by atoms with Crippen molar-refractivity contribution in [2.24, 2.45) is 11.1 Å². The third-order valence-electron chi connectivity index (χ3n) is 7.44. The number of pyridine rings is 1. The number of nitrogens with two attached hydrogens (primary N) is 2. The number of carbonyl (C=O) groups is 1. The van der Waals surface area contributed by atoms with Gasteiger partial charge in [-0.2, -0.15) is 0 Å². The molecule has 0 aromatic carbocycles. The molecule has 0 radical (unpaired) electrons. The van der Waals surface area contributed by atoms with E-state index < -0.39 is 29.1 Å². The molecule has 0 bridgehead atoms. The highest BCUT2D eigenvalue weighted by Crippen LogP contribution is 2.50. The summed E-state index contributed by atoms with van der Waals surface area (Å²) in [5.41, 5.74) is 11.0. The number of halogens is 1. The Morgan fingerprint density at radius 3 is 2.79 bits per heavy atom. The Bertz CT molecular complexity index is 1050. The smallest absolute Gasteiger partial charge is 0.244 e. The molecule has 1 amide bonds. The third kappa shape index (κ3) is 4.65. The minimum Gasteiger partial charge on any atom is -0.486 e. The summed E-state index contributed by atoms with van der Waals surface area (Å²) in [6.07, 6.45) is 19.2. The zero-order valence-electron chi connectivity index (χ0n) is 19.4. The van der Waals surface area contributed by atoms with Gasteiger partial charge < -0.3 is 26.6 Å². The predicted octanol–water partition coefficient (Wildman–Crippen LogP) is 3.59. The van der Waals surface area contributed by atoms with Gasteiger partial charge in [-0.1, -0.05) is 67.0 Å². The predicted molar refractivity (Wildman–Crippen MR) is 134 cm³/mol. The second-order valence-electron chi connectivity index (χ2n) is 9.49. The quantitative estimate of drug-likeness (QED) is 0.469. The van der Waals surface area contributed by atoms with Gasteiger partial charge in [0.15, 0.2) is 11.6 Å². The fourth-order valence-electron chi connectivity index (χ4n) is 5.53. The summed E-state index contributed by atoms with van der Waals surface area (Å²) < 4.78 is 6.43. The summed E-state index contributed by atoms with van der Waals surface area (Å²) in [5, 5.41) is 15.0. The standard InChI is InChI=1S/C26H33ClN4O3/c1-17(34-22-14-19(27)16-30-23(22)28)25(11-5-2-6-12-25)26(13-7-8-18(15-26)24(29)33)31-20-9-3-4-10-21(20)32/h2,5-8,11,13-14,16-17,20-21,31-32H,3-4,9-10,12,15H2,1H3,(H2,28,30)(H2,29,33)/t17?,20?,21?,25-,26?/m1/s1. The molecule has 3 aliphatic carbocycles. The molecule has 6 N–H and O–H groups in total. The monoisotopic (exact) mass is 484 g/mol. The van der Waals surface area contributed by atoms with Gasteiger partial charge in [-0.25, -0.2) is 4.98 Å². The fourth-order valence-corrected chi connectivity index (χ4v) is 5.68. The number of carbonyl (C=O) groups excluding carboxylic acids is 1. The average molecular weight is 485 g/mol. The molecule has 1 aromatic heterocycles. The van der Waals surface area contributed by atoms with E-state index in [1.807, 2.05) is 25.2 Å². The van der Waals surface area contributed by atoms with E-state index in [0.717, 1.165) is 25.7 Å². The van der Waals surface area contributed by atoms with Crippen LogP contribution in [0.15, 0.2) is 60.4 Å². The van der Waals surface area contributed by atoms with E-state index >= 15 is 0 Å². The van der Waals surface area contributed by atoms with Crippen LogP contribution in [-0.4, -0.2) is 39.8 Å². The molecule has 1 aromatic rings. The highest BCUT2D eigenvalue weighted by atomic mass is 35.5. The van der Waals surface area contributed by atoms with Gasteiger partial charge >= 0.3 is 0 Å². The summed E-state index contributed by atoms with van der Waals surface area (Å²) in [4.78, 5) is 16.4. The number of hydrogen-bond acceptors (Lipinski definition) is 6. The summed E-state index contributed by atoms with van der Waals surface area (Å²) in [7, 11) is 0. The van der Waals surface area contributed by atoms with Crippen LogP contribution in [-0.2, 0) is 4.79 Å². The molecular weight excluding hydrogens is 452 g/mol. The van der Waals surface area contributed by atoms with Gasteiger partial charge in [0, 0.05) is 30.3 Å². The lowest BCUT2D eigenvalue weighted by atomic mass is 9.59. The Kier molecular flexibility index (Phi) is 7.17. The Balaban J connectivity index is 1.78. The minimum absolute atomic E-state index is 0.119. The topological polar surface area (TPSA) is 123 Å². The Hall–Kier alpha value is -2.61. The van der Waals surface area contributed by atoms with Crippen LogP contribution in [0.1, 0.15) is 45.4 Å². The lowest BCUT2D eigenvalue weighted by molar-refractivity contribution is -0.115. The summed E-state index contributed by atoms with van der Waals surface area (Å²) in [6, 6.07) is 1.54. The van der Waals surface area contributed by atoms with E-state index in [0.29, 0.717) is 29.2 Å². The Morgan fingerprint density at radius 2 is 2.09 bits per heavy atom. The number of aliphatic hydroxyl groups excluding tert-OH is 1. The maximum absolute atomic E-state index is 12.3. The van der Waals surface area contributed by atoms with Crippen molar-refractivity contribution in [1.82, 2.24) is 10.3 Å². The van der Waals surface area contributed by atoms with Crippen LogP contribution in [0.25, 0.3) is 0 Å². The van der Waals surface area contributed by atoms with Gasteiger partial charge in [-0.05, 0) is 26.2 Å². The number of aliphatic hydroxyl groups is 1. The molecule has 0 saturated heterocycles. The van der Waals surface area contributed by atoms with Gasteiger partial charge in [0.25, 0.3) is 0 Å². The van der Waals surface area contributed by atoms with Crippen LogP contribution in [0.2, 0.25) is 5.02 Å². The number of primary amides is 1. The van der Waals surface area contributed by atoms with Crippen LogP contribution >= 0.6 is 11.6 Å². The van der Waals surface area contributed by atoms with Gasteiger partial charge in [0.05, 0.1) is 22.1 Å². The fraction of sp³-hybridized carbons (Fsp3) is 0.462. The van der Waals surface area contributed by atoms with Crippen molar-refractivity contribution in [3.8, 4) is 5.75 Å². The molecule has 8 heteroatoms. The lowest BCUT2D eigenvalue weighted by Crippen LogP contribution is -2.66. The number of amides is 1. The molecule has 7 nitrogen and oxygen atoms in total. The number of nitrogens with zero attached hydrogens (tertiary/aromatic N) is 1. The van der Waals surface area contributed by atoms with Gasteiger partial charge in [-0.15, -0.1) is 0 Å². The Labute approximate surface area is 205 Å². The number of nitrogen functional groups attached to an aromatic ring is 1. The number of ether oxygens (including phenoxy) is 1. The highest BCUT2D eigenvalue weighted by molar-refractivity contribution is 6.30. The first-order chi connectivity index (χ1) is 16.3. The van der Waals surface area contributed by atoms with Crippen LogP contribution in [0.5, 0.6) is 5.75 Å². The molecule has 0 spiro atoms. The highest BCUT2D eigenvalue weighted by Gasteiger charge is 2.55. The number of allylic oxidation sites excluding steroid dienone is 5. The van der Waals surface area contributed by atoms with Gasteiger partial charge in [-0.3, -0.25) is 4.79 Å². The van der Waals surface area contributed by atoms with Crippen molar-refractivity contribution >= 4 is 23.3 Å². The molecule has 1 saturated carbocycles. The van der Waals surface area contributed by atoms with Gasteiger partial charge in [0.1, 0.15) is 6.10 Å². The largest absolute Gasteiger partial charge is 0.486 e. The normalized spacial score (nSPS) is 31.7. The van der Waals surface area contributed by atoms with E-state index in [9.17, 15) is 9.90 Å². The molecule has 4 unspecified atom stereocenters. The average Bonchev–Trinajstić information content (AvgIpc) is 2.83. The summed E-state index contributed by atoms with van der Waals surface area (Å²) in [5.74, 6) is 0.200. The molecular formula is C26H33ClN4O3. The molecule has 0 aliphatic heterocycles. The maximum Gasteiger partial charge on any atom is 0.244 e. The summed E-state index contributed by atoms with van der Waals surface area (Å²) in [6.45, 7) is 1.99. The van der Waals surface area contributed by atoms with Crippen molar-refractivity contribution < 1.29 is 14.6 Å². The number of aromatic nitrogens is 1. The van der Waals surface area contributed by atoms with E-state index in [1.165, 1.54) is 6.20 Å². The SMILES string of the molecule is CC(Oc1cc(Cl)cnc1N)[C@@]1(C2(NC3CCCCC3O)C=CC=C(C(N)=O)C2)C=CC=CC1. The Morgan fingerprint density at radius 1 is 1.29 bits per heavy atom. The first-order valence-electron chi connectivity index (χ1n) is 11.8. The zero-order valence-corrected chi connectivity index (χ0v) is 20.2. The van der Waals surface area contributed by atoms with Crippen LogP contribution in [0.3, 0.4) is 0 Å². The number of anilines is 1. The van der Waals surface area contributed by atoms with Crippen LogP contribution < -0.4 is 21.5 Å². The molecule has 34 heavy (non-hydrogen) atoms. The molecule has 182 valence electrons. The molecule has 1 heterocycles. The number of hydrogen-bond donors (Lipinski definition) is 4. The lowest BCUT2D eigenvalue weighted by Gasteiger charge is -2.54. The second kappa shape index (κ2) is 9.94. The van der Waals surface area contributed by atoms with Crippen LogP contribution in [0, 0.1) is 5.41 Å². The van der Waals surface area contributed by atoms with E-state index in [1.54, 1.807) is 12.1 Å². The molecule has 3 aliphatic rings. The molecule has 5 atom stereocenters. The number of nitrogens with one attached hydrogen (secondary N) is 1. The zero-order chi connectivity index (χ0) is 24.3. The maximum atomic E-state index is 12.3.